The number of rotatable bonds is 1. The van der Waals surface area contributed by atoms with Gasteiger partial charge in [-0.15, -0.1) is 0 Å². The van der Waals surface area contributed by atoms with Crippen molar-refractivity contribution in [1.82, 2.24) is 9.97 Å². The van der Waals surface area contributed by atoms with Crippen molar-refractivity contribution in [3.8, 4) is 5.75 Å². The van der Waals surface area contributed by atoms with Crippen LogP contribution in [0, 0.1) is 0 Å². The largest absolute Gasteiger partial charge is 0.505 e. The summed E-state index contributed by atoms with van der Waals surface area (Å²) in [5, 5.41) is 17.6. The fourth-order valence-electron chi connectivity index (χ4n) is 0.547. The van der Waals surface area contributed by atoms with Gasteiger partial charge >= 0.3 is 0 Å². The zero-order valence-corrected chi connectivity index (χ0v) is 5.52. The van der Waals surface area contributed by atoms with Gasteiger partial charge in [-0.25, -0.2) is 9.97 Å². The number of aromatic hydroxyl groups is 1. The SMILES string of the molecule is C[C@H](O)c1ncc(O)cn1. The molecule has 0 aliphatic rings. The Hall–Kier alpha value is -1.16. The molecule has 0 aromatic carbocycles. The van der Waals surface area contributed by atoms with Crippen LogP contribution in [0.4, 0.5) is 0 Å². The molecule has 1 rings (SSSR count). The first-order valence-corrected chi connectivity index (χ1v) is 2.89. The fourth-order valence-corrected chi connectivity index (χ4v) is 0.547. The Kier molecular flexibility index (Phi) is 1.82. The molecular weight excluding hydrogens is 132 g/mol. The van der Waals surface area contributed by atoms with Crippen molar-refractivity contribution in [1.29, 1.82) is 0 Å². The smallest absolute Gasteiger partial charge is 0.156 e. The Bertz CT molecular complexity index is 207. The van der Waals surface area contributed by atoms with Crippen LogP contribution in [-0.4, -0.2) is 20.2 Å². The summed E-state index contributed by atoms with van der Waals surface area (Å²) in [6.45, 7) is 1.56. The Balaban J connectivity index is 2.89. The van der Waals surface area contributed by atoms with E-state index >= 15 is 0 Å². The maximum Gasteiger partial charge on any atom is 0.156 e. The maximum absolute atomic E-state index is 8.91. The normalized spacial score (nSPS) is 13.0. The molecule has 1 aromatic rings. The second-order valence-electron chi connectivity index (χ2n) is 1.98. The minimum absolute atomic E-state index is 0.00407. The topological polar surface area (TPSA) is 66.2 Å². The number of hydrogen-bond acceptors (Lipinski definition) is 4. The van der Waals surface area contributed by atoms with E-state index in [1.807, 2.05) is 0 Å². The van der Waals surface area contributed by atoms with Crippen molar-refractivity contribution >= 4 is 0 Å². The van der Waals surface area contributed by atoms with E-state index in [-0.39, 0.29) is 5.75 Å². The molecule has 0 bridgehead atoms. The first kappa shape index (κ1) is 6.95. The van der Waals surface area contributed by atoms with Gasteiger partial charge in [0.1, 0.15) is 6.10 Å². The van der Waals surface area contributed by atoms with E-state index in [1.54, 1.807) is 6.92 Å². The minimum atomic E-state index is -0.680. The summed E-state index contributed by atoms with van der Waals surface area (Å²) in [5.74, 6) is 0.321. The molecule has 0 aliphatic heterocycles. The van der Waals surface area contributed by atoms with Crippen molar-refractivity contribution in [2.24, 2.45) is 0 Å². The predicted octanol–water partition coefficient (Wildman–Crippen LogP) is 0.235. The van der Waals surface area contributed by atoms with Crippen LogP contribution in [0.2, 0.25) is 0 Å². The number of aliphatic hydroxyl groups is 1. The Morgan fingerprint density at radius 3 is 2.30 bits per heavy atom. The number of aromatic nitrogens is 2. The molecule has 0 radical (unpaired) electrons. The predicted molar refractivity (Wildman–Crippen MR) is 34.3 cm³/mol. The standard InChI is InChI=1S/C6H8N2O2/c1-4(9)6-7-2-5(10)3-8-6/h2-4,9-10H,1H3/t4-/m0/s1. The van der Waals surface area contributed by atoms with Gasteiger partial charge in [0.25, 0.3) is 0 Å². The van der Waals surface area contributed by atoms with E-state index in [4.69, 9.17) is 10.2 Å². The molecule has 54 valence electrons. The van der Waals surface area contributed by atoms with Crippen molar-refractivity contribution in [3.63, 3.8) is 0 Å². The summed E-state index contributed by atoms with van der Waals surface area (Å²) in [7, 11) is 0. The molecule has 0 saturated heterocycles. The summed E-state index contributed by atoms with van der Waals surface area (Å²) in [6, 6.07) is 0. The third kappa shape index (κ3) is 1.41. The van der Waals surface area contributed by atoms with Gasteiger partial charge in [0.05, 0.1) is 12.4 Å². The molecule has 0 fully saturated rings. The summed E-state index contributed by atoms with van der Waals surface area (Å²) in [5.41, 5.74) is 0. The first-order chi connectivity index (χ1) is 4.70. The van der Waals surface area contributed by atoms with E-state index in [2.05, 4.69) is 9.97 Å². The molecule has 10 heavy (non-hydrogen) atoms. The van der Waals surface area contributed by atoms with Crippen LogP contribution in [0.5, 0.6) is 5.75 Å². The van der Waals surface area contributed by atoms with Crippen LogP contribution in [0.25, 0.3) is 0 Å². The van der Waals surface area contributed by atoms with Gasteiger partial charge in [0.2, 0.25) is 0 Å². The van der Waals surface area contributed by atoms with Crippen molar-refractivity contribution < 1.29 is 10.2 Å². The molecule has 1 heterocycles. The molecule has 0 unspecified atom stereocenters. The molecule has 0 aliphatic carbocycles. The van der Waals surface area contributed by atoms with Crippen LogP contribution >= 0.6 is 0 Å². The quantitative estimate of drug-likeness (QED) is 0.586. The number of nitrogens with zero attached hydrogens (tertiary/aromatic N) is 2. The molecule has 0 amide bonds. The Morgan fingerprint density at radius 2 is 1.90 bits per heavy atom. The van der Waals surface area contributed by atoms with E-state index in [9.17, 15) is 0 Å². The van der Waals surface area contributed by atoms with E-state index < -0.39 is 6.10 Å². The van der Waals surface area contributed by atoms with Gasteiger partial charge in [-0.05, 0) is 6.92 Å². The average molecular weight is 140 g/mol. The lowest BCUT2D eigenvalue weighted by atomic mass is 10.4. The summed E-state index contributed by atoms with van der Waals surface area (Å²) < 4.78 is 0. The van der Waals surface area contributed by atoms with Gasteiger partial charge in [-0.3, -0.25) is 0 Å². The lowest BCUT2D eigenvalue weighted by Crippen LogP contribution is -1.97. The van der Waals surface area contributed by atoms with Crippen LogP contribution in [0.15, 0.2) is 12.4 Å². The lowest BCUT2D eigenvalue weighted by molar-refractivity contribution is 0.188. The van der Waals surface area contributed by atoms with Gasteiger partial charge in [0, 0.05) is 0 Å². The molecule has 0 spiro atoms. The van der Waals surface area contributed by atoms with Gasteiger partial charge < -0.3 is 10.2 Å². The van der Waals surface area contributed by atoms with Crippen LogP contribution < -0.4 is 0 Å². The summed E-state index contributed by atoms with van der Waals surface area (Å²) >= 11 is 0. The molecule has 4 heteroatoms. The van der Waals surface area contributed by atoms with E-state index in [0.717, 1.165) is 0 Å². The van der Waals surface area contributed by atoms with Crippen LogP contribution in [0.3, 0.4) is 0 Å². The fraction of sp³-hybridized carbons (Fsp3) is 0.333. The molecule has 0 saturated carbocycles. The molecule has 1 atom stereocenters. The third-order valence-corrected chi connectivity index (χ3v) is 1.03. The van der Waals surface area contributed by atoms with Gasteiger partial charge in [0.15, 0.2) is 11.6 Å². The molecule has 4 nitrogen and oxygen atoms in total. The van der Waals surface area contributed by atoms with Crippen LogP contribution in [0.1, 0.15) is 18.9 Å². The van der Waals surface area contributed by atoms with Crippen LogP contribution in [-0.2, 0) is 0 Å². The molecule has 1 aromatic heterocycles. The highest BCUT2D eigenvalue weighted by Gasteiger charge is 2.01. The molecular formula is C6H8N2O2. The highest BCUT2D eigenvalue weighted by atomic mass is 16.3. The summed E-state index contributed by atoms with van der Waals surface area (Å²) in [6.07, 6.45) is 1.81. The minimum Gasteiger partial charge on any atom is -0.505 e. The monoisotopic (exact) mass is 140 g/mol. The lowest BCUT2D eigenvalue weighted by Gasteiger charge is -1.99. The third-order valence-electron chi connectivity index (χ3n) is 1.03. The average Bonchev–Trinajstić information content (AvgIpc) is 1.88. The zero-order valence-electron chi connectivity index (χ0n) is 5.52. The van der Waals surface area contributed by atoms with Gasteiger partial charge in [-0.2, -0.15) is 0 Å². The highest BCUT2D eigenvalue weighted by molar-refractivity contribution is 5.09. The highest BCUT2D eigenvalue weighted by Crippen LogP contribution is 2.07. The summed E-state index contributed by atoms with van der Waals surface area (Å²) in [4.78, 5) is 7.33. The first-order valence-electron chi connectivity index (χ1n) is 2.89. The second-order valence-corrected chi connectivity index (χ2v) is 1.98. The van der Waals surface area contributed by atoms with Crippen molar-refractivity contribution in [3.05, 3.63) is 18.2 Å². The number of hydrogen-bond donors (Lipinski definition) is 2. The van der Waals surface area contributed by atoms with Gasteiger partial charge in [-0.1, -0.05) is 0 Å². The van der Waals surface area contributed by atoms with E-state index in [0.29, 0.717) is 5.82 Å². The Labute approximate surface area is 58.2 Å². The van der Waals surface area contributed by atoms with Crippen molar-refractivity contribution in [2.45, 2.75) is 13.0 Å². The number of aliphatic hydroxyl groups excluding tert-OH is 1. The molecule has 2 N–H and O–H groups in total. The zero-order chi connectivity index (χ0) is 7.56. The second kappa shape index (κ2) is 2.62. The maximum atomic E-state index is 8.91. The van der Waals surface area contributed by atoms with Crippen molar-refractivity contribution in [2.75, 3.05) is 0 Å². The Morgan fingerprint density at radius 1 is 1.40 bits per heavy atom. The van der Waals surface area contributed by atoms with E-state index in [1.165, 1.54) is 12.4 Å².